The highest BCUT2D eigenvalue weighted by Crippen LogP contribution is 2.39. The van der Waals surface area contributed by atoms with Crippen molar-refractivity contribution in [2.75, 3.05) is 24.9 Å². The molecule has 3 aromatic heterocycles. The maximum atomic E-state index is 13.6. The Morgan fingerprint density at radius 1 is 1.13 bits per heavy atom. The number of benzene rings is 2. The average Bonchev–Trinajstić information content (AvgIpc) is 3.55. The number of anilines is 1. The van der Waals surface area contributed by atoms with Crippen LogP contribution in [0.15, 0.2) is 60.0 Å². The molecule has 39 heavy (non-hydrogen) atoms. The molecule has 0 saturated heterocycles. The number of para-hydroxylation sites is 1. The van der Waals surface area contributed by atoms with Gasteiger partial charge in [-0.3, -0.25) is 9.20 Å². The predicted molar refractivity (Wildman–Crippen MR) is 155 cm³/mol. The molecular formula is C29H29N5O3S2. The molecule has 0 unspecified atom stereocenters. The van der Waals surface area contributed by atoms with Gasteiger partial charge in [0.05, 0.1) is 31.9 Å². The molecule has 200 valence electrons. The molecule has 0 saturated carbocycles. The van der Waals surface area contributed by atoms with E-state index in [4.69, 9.17) is 14.5 Å². The lowest BCUT2D eigenvalue weighted by Gasteiger charge is -2.23. The SMILES string of the molecule is COc1ccc(CN(C(=O)CSc2nnc3c4c5c(sc4ncn23)C[C@@H](C)CC5)c2ccccc2)cc1OC. The van der Waals surface area contributed by atoms with Gasteiger partial charge in [0.15, 0.2) is 22.3 Å². The van der Waals surface area contributed by atoms with Gasteiger partial charge in [-0.25, -0.2) is 4.98 Å². The van der Waals surface area contributed by atoms with E-state index in [-0.39, 0.29) is 11.7 Å². The lowest BCUT2D eigenvalue weighted by molar-refractivity contribution is -0.116. The van der Waals surface area contributed by atoms with E-state index in [0.717, 1.165) is 40.0 Å². The highest BCUT2D eigenvalue weighted by molar-refractivity contribution is 7.99. The Balaban J connectivity index is 1.26. The van der Waals surface area contributed by atoms with E-state index in [9.17, 15) is 4.79 Å². The minimum atomic E-state index is -0.0336. The second-order valence-corrected chi connectivity index (χ2v) is 11.8. The summed E-state index contributed by atoms with van der Waals surface area (Å²) in [5.41, 5.74) is 3.96. The number of carbonyl (C=O) groups is 1. The molecule has 0 spiro atoms. The molecule has 0 N–H and O–H groups in total. The Morgan fingerprint density at radius 3 is 2.74 bits per heavy atom. The van der Waals surface area contributed by atoms with Gasteiger partial charge in [-0.1, -0.05) is 43.0 Å². The van der Waals surface area contributed by atoms with Crippen molar-refractivity contribution in [3.05, 3.63) is 70.9 Å². The van der Waals surface area contributed by atoms with Gasteiger partial charge in [0.2, 0.25) is 5.91 Å². The van der Waals surface area contributed by atoms with Crippen LogP contribution in [0.3, 0.4) is 0 Å². The van der Waals surface area contributed by atoms with Gasteiger partial charge in [-0.2, -0.15) is 0 Å². The number of aryl methyl sites for hydroxylation is 1. The van der Waals surface area contributed by atoms with E-state index in [1.165, 1.54) is 28.6 Å². The van der Waals surface area contributed by atoms with Crippen LogP contribution < -0.4 is 14.4 Å². The Hall–Kier alpha value is -3.63. The van der Waals surface area contributed by atoms with Crippen LogP contribution in [0, 0.1) is 5.92 Å². The van der Waals surface area contributed by atoms with Gasteiger partial charge >= 0.3 is 0 Å². The summed E-state index contributed by atoms with van der Waals surface area (Å²) in [6.07, 6.45) is 5.12. The van der Waals surface area contributed by atoms with Crippen molar-refractivity contribution in [2.45, 2.75) is 37.9 Å². The maximum Gasteiger partial charge on any atom is 0.237 e. The normalized spacial score (nSPS) is 14.9. The van der Waals surface area contributed by atoms with Crippen molar-refractivity contribution in [2.24, 2.45) is 5.92 Å². The third-order valence-corrected chi connectivity index (χ3v) is 9.24. The fourth-order valence-corrected chi connectivity index (χ4v) is 7.24. The van der Waals surface area contributed by atoms with Crippen LogP contribution in [0.25, 0.3) is 15.9 Å². The summed E-state index contributed by atoms with van der Waals surface area (Å²) in [4.78, 5) is 22.6. The van der Waals surface area contributed by atoms with Crippen LogP contribution in [0.5, 0.6) is 11.5 Å². The predicted octanol–water partition coefficient (Wildman–Crippen LogP) is 5.81. The second kappa shape index (κ2) is 10.9. The van der Waals surface area contributed by atoms with E-state index in [2.05, 4.69) is 17.1 Å². The number of amides is 1. The number of thiophene rings is 1. The lowest BCUT2D eigenvalue weighted by Crippen LogP contribution is -2.32. The minimum absolute atomic E-state index is 0.0336. The van der Waals surface area contributed by atoms with Crippen molar-refractivity contribution < 1.29 is 14.3 Å². The zero-order chi connectivity index (χ0) is 26.9. The Bertz CT molecular complexity index is 1650. The third kappa shape index (κ3) is 4.94. The number of aromatic nitrogens is 4. The highest BCUT2D eigenvalue weighted by Gasteiger charge is 2.25. The van der Waals surface area contributed by atoms with Crippen LogP contribution in [-0.2, 0) is 24.2 Å². The number of methoxy groups -OCH3 is 2. The summed E-state index contributed by atoms with van der Waals surface area (Å²) in [6, 6.07) is 15.4. The fraction of sp³-hybridized carbons (Fsp3) is 0.310. The zero-order valence-electron chi connectivity index (χ0n) is 22.1. The summed E-state index contributed by atoms with van der Waals surface area (Å²) < 4.78 is 12.8. The van der Waals surface area contributed by atoms with Crippen LogP contribution in [-0.4, -0.2) is 45.5 Å². The monoisotopic (exact) mass is 559 g/mol. The molecule has 6 rings (SSSR count). The molecular weight excluding hydrogens is 530 g/mol. The Kier molecular flexibility index (Phi) is 7.14. The molecule has 8 nitrogen and oxygen atoms in total. The number of hydrogen-bond donors (Lipinski definition) is 0. The molecule has 0 fully saturated rings. The molecule has 1 aliphatic rings. The molecule has 1 aliphatic carbocycles. The van der Waals surface area contributed by atoms with Crippen molar-refractivity contribution in [1.82, 2.24) is 19.6 Å². The quantitative estimate of drug-likeness (QED) is 0.222. The third-order valence-electron chi connectivity index (χ3n) is 7.15. The molecule has 10 heteroatoms. The first kappa shape index (κ1) is 25.6. The van der Waals surface area contributed by atoms with E-state index < -0.39 is 0 Å². The number of nitrogens with zero attached hydrogens (tertiary/aromatic N) is 5. The van der Waals surface area contributed by atoms with Gasteiger partial charge < -0.3 is 14.4 Å². The number of thioether (sulfide) groups is 1. The van der Waals surface area contributed by atoms with Gasteiger partial charge in [0.25, 0.3) is 0 Å². The summed E-state index contributed by atoms with van der Waals surface area (Å²) in [5.74, 6) is 2.15. The standard InChI is InChI=1S/C29H29N5O3S2/c1-18-9-11-21-24(13-18)39-28-26(21)27-31-32-29(34(27)17-30-28)38-16-25(35)33(20-7-5-4-6-8-20)15-19-10-12-22(36-2)23(14-19)37-3/h4-8,10,12,14,17-18H,9,11,13,15-16H2,1-3H3/t18-/m0/s1. The van der Waals surface area contributed by atoms with Crippen LogP contribution in [0.4, 0.5) is 5.69 Å². The van der Waals surface area contributed by atoms with E-state index in [0.29, 0.717) is 29.1 Å². The number of hydrogen-bond acceptors (Lipinski definition) is 8. The van der Waals surface area contributed by atoms with Crippen molar-refractivity contribution >= 4 is 50.6 Å². The number of carbonyl (C=O) groups excluding carboxylic acids is 1. The summed E-state index contributed by atoms with van der Waals surface area (Å²) in [5, 5.41) is 10.8. The molecule has 0 aliphatic heterocycles. The average molecular weight is 560 g/mol. The van der Waals surface area contributed by atoms with E-state index in [1.54, 1.807) is 36.8 Å². The van der Waals surface area contributed by atoms with Gasteiger partial charge in [0.1, 0.15) is 11.2 Å². The lowest BCUT2D eigenvalue weighted by atomic mass is 9.89. The molecule has 5 aromatic rings. The molecule has 3 heterocycles. The van der Waals surface area contributed by atoms with Crippen molar-refractivity contribution in [3.63, 3.8) is 0 Å². The maximum absolute atomic E-state index is 13.6. The van der Waals surface area contributed by atoms with Crippen molar-refractivity contribution in [1.29, 1.82) is 0 Å². The Morgan fingerprint density at radius 2 is 1.95 bits per heavy atom. The summed E-state index contributed by atoms with van der Waals surface area (Å²) >= 11 is 3.15. The van der Waals surface area contributed by atoms with E-state index in [1.807, 2.05) is 52.9 Å². The number of ether oxygens (including phenoxy) is 2. The molecule has 1 atom stereocenters. The van der Waals surface area contributed by atoms with Crippen LogP contribution >= 0.6 is 23.1 Å². The van der Waals surface area contributed by atoms with Gasteiger partial charge in [0, 0.05) is 10.6 Å². The second-order valence-electron chi connectivity index (χ2n) is 9.75. The van der Waals surface area contributed by atoms with Crippen LogP contribution in [0.2, 0.25) is 0 Å². The van der Waals surface area contributed by atoms with Gasteiger partial charge in [-0.15, -0.1) is 21.5 Å². The largest absolute Gasteiger partial charge is 0.493 e. The topological polar surface area (TPSA) is 81.9 Å². The first-order valence-corrected chi connectivity index (χ1v) is 14.7. The van der Waals surface area contributed by atoms with Gasteiger partial charge in [-0.05, 0) is 60.6 Å². The zero-order valence-corrected chi connectivity index (χ0v) is 23.7. The smallest absolute Gasteiger partial charge is 0.237 e. The number of fused-ring (bicyclic) bond motifs is 5. The van der Waals surface area contributed by atoms with E-state index >= 15 is 0 Å². The highest BCUT2D eigenvalue weighted by atomic mass is 32.2. The van der Waals surface area contributed by atoms with Crippen LogP contribution in [0.1, 0.15) is 29.3 Å². The summed E-state index contributed by atoms with van der Waals surface area (Å²) in [6.45, 7) is 2.70. The molecule has 0 bridgehead atoms. The molecule has 1 amide bonds. The summed E-state index contributed by atoms with van der Waals surface area (Å²) in [7, 11) is 3.22. The fourth-order valence-electron chi connectivity index (χ4n) is 5.12. The minimum Gasteiger partial charge on any atom is -0.493 e. The van der Waals surface area contributed by atoms with Crippen molar-refractivity contribution in [3.8, 4) is 11.5 Å². The molecule has 0 radical (unpaired) electrons. The molecule has 2 aromatic carbocycles. The first-order chi connectivity index (χ1) is 19.1. The first-order valence-electron chi connectivity index (χ1n) is 12.9. The number of rotatable bonds is 8. The Labute approximate surface area is 235 Å².